The van der Waals surface area contributed by atoms with Gasteiger partial charge in [-0.15, -0.1) is 0 Å². The molecule has 0 aromatic carbocycles. The molecule has 0 saturated heterocycles. The van der Waals surface area contributed by atoms with Gasteiger partial charge in [-0.25, -0.2) is 0 Å². The summed E-state index contributed by atoms with van der Waals surface area (Å²) in [7, 11) is 0. The van der Waals surface area contributed by atoms with Crippen LogP contribution in [0.4, 0.5) is 0 Å². The van der Waals surface area contributed by atoms with Gasteiger partial charge < -0.3 is 14.7 Å². The predicted molar refractivity (Wildman–Crippen MR) is 99.9 cm³/mol. The molecular formula is C21H31NO5. The lowest BCUT2D eigenvalue weighted by Crippen LogP contribution is -2.27. The lowest BCUT2D eigenvalue weighted by molar-refractivity contribution is -0.139. The van der Waals surface area contributed by atoms with Crippen LogP contribution in [0.2, 0.25) is 0 Å². The lowest BCUT2D eigenvalue weighted by Gasteiger charge is -2.38. The van der Waals surface area contributed by atoms with Gasteiger partial charge in [-0.2, -0.15) is 0 Å². The number of aromatic nitrogens is 1. The minimum atomic E-state index is -0.932. The second-order valence-electron chi connectivity index (χ2n) is 9.65. The molecule has 2 aliphatic carbocycles. The molecule has 3 rings (SSSR count). The molecule has 2 saturated carbocycles. The average Bonchev–Trinajstić information content (AvgIpc) is 3.25. The summed E-state index contributed by atoms with van der Waals surface area (Å²) in [6.45, 7) is 6.80. The van der Waals surface area contributed by atoms with Crippen molar-refractivity contribution in [1.29, 1.82) is 0 Å². The summed E-state index contributed by atoms with van der Waals surface area (Å²) in [6.07, 6.45) is 5.69. The van der Waals surface area contributed by atoms with Crippen molar-refractivity contribution < 1.29 is 24.3 Å². The van der Waals surface area contributed by atoms with E-state index in [1.54, 1.807) is 0 Å². The second kappa shape index (κ2) is 7.64. The molecule has 1 atom stereocenters. The van der Waals surface area contributed by atoms with Gasteiger partial charge >= 0.3 is 11.9 Å². The number of aliphatic carboxylic acids is 2. The predicted octanol–water partition coefficient (Wildman–Crippen LogP) is 4.90. The highest BCUT2D eigenvalue weighted by Gasteiger charge is 2.42. The third-order valence-corrected chi connectivity index (χ3v) is 5.79. The Labute approximate surface area is 160 Å². The standard InChI is InChI=1S/C21H31NO5/c1-21(2,3)11-12-8-15(9-12)19-18(13-4-5-13)20(27-22-19)14(10-17(25)26)6-7-16(23)24/h12-15H,4-11H2,1-3H3,(H,23,24)(H,25,26). The van der Waals surface area contributed by atoms with E-state index in [-0.39, 0.29) is 19.3 Å². The Hall–Kier alpha value is -1.85. The minimum Gasteiger partial charge on any atom is -0.481 e. The van der Waals surface area contributed by atoms with Crippen molar-refractivity contribution in [3.05, 3.63) is 17.0 Å². The van der Waals surface area contributed by atoms with E-state index in [2.05, 4.69) is 25.9 Å². The summed E-state index contributed by atoms with van der Waals surface area (Å²) in [6, 6.07) is 0. The van der Waals surface area contributed by atoms with Crippen LogP contribution >= 0.6 is 0 Å². The van der Waals surface area contributed by atoms with Crippen molar-refractivity contribution in [1.82, 2.24) is 5.16 Å². The first kappa shape index (κ1) is 19.9. The molecule has 6 nitrogen and oxygen atoms in total. The second-order valence-corrected chi connectivity index (χ2v) is 9.65. The molecular weight excluding hydrogens is 346 g/mol. The van der Waals surface area contributed by atoms with Gasteiger partial charge in [0.15, 0.2) is 0 Å². The Bertz CT molecular complexity index is 692. The molecule has 2 aliphatic rings. The number of carboxylic acid groups (broad SMARTS) is 2. The average molecular weight is 377 g/mol. The summed E-state index contributed by atoms with van der Waals surface area (Å²) in [5, 5.41) is 22.6. The van der Waals surface area contributed by atoms with Gasteiger partial charge in [0.2, 0.25) is 0 Å². The van der Waals surface area contributed by atoms with Gasteiger partial charge in [0.05, 0.1) is 12.1 Å². The van der Waals surface area contributed by atoms with Crippen LogP contribution in [0.15, 0.2) is 4.52 Å². The number of nitrogens with zero attached hydrogens (tertiary/aromatic N) is 1. The molecule has 0 amide bonds. The Kier molecular flexibility index (Phi) is 5.63. The summed E-state index contributed by atoms with van der Waals surface area (Å²) in [5.74, 6) is -0.110. The molecule has 0 aliphatic heterocycles. The van der Waals surface area contributed by atoms with E-state index in [4.69, 9.17) is 9.63 Å². The van der Waals surface area contributed by atoms with E-state index < -0.39 is 17.9 Å². The fourth-order valence-corrected chi connectivity index (χ4v) is 4.52. The number of rotatable bonds is 9. The van der Waals surface area contributed by atoms with E-state index in [1.807, 2.05) is 0 Å². The molecule has 0 bridgehead atoms. The number of carbonyl (C=O) groups is 2. The third kappa shape index (κ3) is 5.11. The maximum Gasteiger partial charge on any atom is 0.304 e. The zero-order chi connectivity index (χ0) is 19.8. The summed E-state index contributed by atoms with van der Waals surface area (Å²) < 4.78 is 5.68. The van der Waals surface area contributed by atoms with Crippen LogP contribution in [-0.4, -0.2) is 27.3 Å². The fraction of sp³-hybridized carbons (Fsp3) is 0.762. The quantitative estimate of drug-likeness (QED) is 0.634. The van der Waals surface area contributed by atoms with Crippen molar-refractivity contribution in [2.24, 2.45) is 11.3 Å². The van der Waals surface area contributed by atoms with Crippen LogP contribution in [0.5, 0.6) is 0 Å². The monoisotopic (exact) mass is 377 g/mol. The van der Waals surface area contributed by atoms with E-state index >= 15 is 0 Å². The first-order valence-electron chi connectivity index (χ1n) is 10.1. The maximum atomic E-state index is 11.3. The van der Waals surface area contributed by atoms with E-state index in [1.165, 1.54) is 6.42 Å². The van der Waals surface area contributed by atoms with Crippen molar-refractivity contribution in [3.8, 4) is 0 Å². The molecule has 6 heteroatoms. The largest absolute Gasteiger partial charge is 0.481 e. The molecule has 27 heavy (non-hydrogen) atoms. The van der Waals surface area contributed by atoms with Crippen molar-refractivity contribution in [3.63, 3.8) is 0 Å². The molecule has 1 aromatic heterocycles. The third-order valence-electron chi connectivity index (χ3n) is 5.79. The van der Waals surface area contributed by atoms with Gasteiger partial charge in [-0.05, 0) is 55.8 Å². The topological polar surface area (TPSA) is 101 Å². The van der Waals surface area contributed by atoms with E-state index in [0.29, 0.717) is 28.9 Å². The van der Waals surface area contributed by atoms with Crippen LogP contribution in [-0.2, 0) is 9.59 Å². The lowest BCUT2D eigenvalue weighted by atomic mass is 9.66. The van der Waals surface area contributed by atoms with Gasteiger partial charge in [0, 0.05) is 23.8 Å². The SMILES string of the molecule is CC(C)(C)CC1CC(c2noc(C(CCC(=O)O)CC(=O)O)c2C2CC2)C1. The number of carboxylic acids is 2. The molecule has 2 fully saturated rings. The van der Waals surface area contributed by atoms with Gasteiger partial charge in [-0.3, -0.25) is 9.59 Å². The van der Waals surface area contributed by atoms with Crippen LogP contribution < -0.4 is 0 Å². The molecule has 1 unspecified atom stereocenters. The number of hydrogen-bond acceptors (Lipinski definition) is 4. The first-order chi connectivity index (χ1) is 12.6. The molecule has 1 aromatic rings. The van der Waals surface area contributed by atoms with E-state index in [0.717, 1.165) is 36.9 Å². The van der Waals surface area contributed by atoms with Crippen LogP contribution in [0.25, 0.3) is 0 Å². The van der Waals surface area contributed by atoms with Gasteiger partial charge in [0.25, 0.3) is 0 Å². The van der Waals surface area contributed by atoms with Crippen molar-refractivity contribution >= 4 is 11.9 Å². The Morgan fingerprint density at radius 3 is 2.33 bits per heavy atom. The van der Waals surface area contributed by atoms with Crippen LogP contribution in [0.3, 0.4) is 0 Å². The zero-order valence-electron chi connectivity index (χ0n) is 16.5. The smallest absolute Gasteiger partial charge is 0.304 e. The summed E-state index contributed by atoms with van der Waals surface area (Å²) in [5.41, 5.74) is 2.45. The van der Waals surface area contributed by atoms with Crippen LogP contribution in [0.1, 0.15) is 107 Å². The molecule has 1 heterocycles. The van der Waals surface area contributed by atoms with Crippen LogP contribution in [0, 0.1) is 11.3 Å². The van der Waals surface area contributed by atoms with Gasteiger partial charge in [0.1, 0.15) is 5.76 Å². The van der Waals surface area contributed by atoms with Crippen molar-refractivity contribution in [2.45, 2.75) is 89.9 Å². The zero-order valence-corrected chi connectivity index (χ0v) is 16.5. The molecule has 150 valence electrons. The summed E-state index contributed by atoms with van der Waals surface area (Å²) in [4.78, 5) is 22.3. The van der Waals surface area contributed by atoms with Gasteiger partial charge in [-0.1, -0.05) is 25.9 Å². The molecule has 0 radical (unpaired) electrons. The minimum absolute atomic E-state index is 0.0603. The highest BCUT2D eigenvalue weighted by atomic mass is 16.5. The van der Waals surface area contributed by atoms with Crippen molar-refractivity contribution in [2.75, 3.05) is 0 Å². The number of hydrogen-bond donors (Lipinski definition) is 2. The highest BCUT2D eigenvalue weighted by Crippen LogP contribution is 2.53. The Morgan fingerprint density at radius 2 is 1.81 bits per heavy atom. The summed E-state index contributed by atoms with van der Waals surface area (Å²) >= 11 is 0. The first-order valence-corrected chi connectivity index (χ1v) is 10.1. The molecule has 2 N–H and O–H groups in total. The maximum absolute atomic E-state index is 11.3. The normalized spacial score (nSPS) is 23.7. The highest BCUT2D eigenvalue weighted by molar-refractivity contribution is 5.69. The fourth-order valence-electron chi connectivity index (χ4n) is 4.52. The Balaban J connectivity index is 1.76. The Morgan fingerprint density at radius 1 is 1.15 bits per heavy atom. The van der Waals surface area contributed by atoms with E-state index in [9.17, 15) is 14.7 Å². The molecule has 0 spiro atoms.